The Morgan fingerprint density at radius 1 is 0.923 bits per heavy atom. The third kappa shape index (κ3) is 5.81. The van der Waals surface area contributed by atoms with Gasteiger partial charge >= 0.3 is 5.97 Å². The molecule has 2 rings (SSSR count). The van der Waals surface area contributed by atoms with Gasteiger partial charge in [0.2, 0.25) is 0 Å². The van der Waals surface area contributed by atoms with E-state index in [4.69, 9.17) is 14.2 Å². The van der Waals surface area contributed by atoms with E-state index >= 15 is 0 Å². The minimum absolute atomic E-state index is 0.113. The van der Waals surface area contributed by atoms with Crippen molar-refractivity contribution in [1.82, 2.24) is 4.90 Å². The van der Waals surface area contributed by atoms with E-state index in [2.05, 4.69) is 0 Å². The Labute approximate surface area is 153 Å². The van der Waals surface area contributed by atoms with Gasteiger partial charge in [0, 0.05) is 7.05 Å². The van der Waals surface area contributed by atoms with Crippen LogP contribution in [0.15, 0.2) is 54.6 Å². The van der Waals surface area contributed by atoms with Gasteiger partial charge in [-0.1, -0.05) is 30.3 Å². The van der Waals surface area contributed by atoms with E-state index in [9.17, 15) is 9.59 Å². The summed E-state index contributed by atoms with van der Waals surface area (Å²) in [6.07, 6.45) is 0. The largest absolute Gasteiger partial charge is 0.490 e. The van der Waals surface area contributed by atoms with Gasteiger partial charge in [-0.2, -0.15) is 0 Å². The van der Waals surface area contributed by atoms with Crippen LogP contribution in [0.1, 0.15) is 17.3 Å². The molecule has 1 amide bonds. The zero-order valence-corrected chi connectivity index (χ0v) is 15.0. The van der Waals surface area contributed by atoms with E-state index in [0.717, 1.165) is 5.75 Å². The SMILES string of the molecule is CCOC(=O)CN(C)C(=O)c1ccccc1OCCOc1ccccc1. The van der Waals surface area contributed by atoms with Crippen molar-refractivity contribution in [2.75, 3.05) is 33.4 Å². The van der Waals surface area contributed by atoms with Crippen molar-refractivity contribution < 1.29 is 23.8 Å². The van der Waals surface area contributed by atoms with Crippen LogP contribution in [-0.2, 0) is 9.53 Å². The van der Waals surface area contributed by atoms with Crippen LogP contribution in [0.5, 0.6) is 11.5 Å². The lowest BCUT2D eigenvalue weighted by Crippen LogP contribution is -2.33. The average Bonchev–Trinajstić information content (AvgIpc) is 2.66. The first kappa shape index (κ1) is 19.3. The van der Waals surface area contributed by atoms with E-state index in [-0.39, 0.29) is 19.1 Å². The fourth-order valence-corrected chi connectivity index (χ4v) is 2.27. The first-order valence-electron chi connectivity index (χ1n) is 8.42. The van der Waals surface area contributed by atoms with E-state index in [1.165, 1.54) is 4.90 Å². The molecule has 0 fully saturated rings. The number of nitrogens with zero attached hydrogens (tertiary/aromatic N) is 1. The molecule has 0 aliphatic heterocycles. The van der Waals surface area contributed by atoms with Crippen LogP contribution in [0.2, 0.25) is 0 Å². The van der Waals surface area contributed by atoms with Crippen LogP contribution < -0.4 is 9.47 Å². The Kier molecular flexibility index (Phi) is 7.49. The molecule has 0 aliphatic rings. The molecule has 0 saturated heterocycles. The Morgan fingerprint density at radius 3 is 2.31 bits per heavy atom. The molecule has 0 bridgehead atoms. The van der Waals surface area contributed by atoms with Crippen LogP contribution in [0.3, 0.4) is 0 Å². The Balaban J connectivity index is 1.91. The number of para-hydroxylation sites is 2. The third-order valence-corrected chi connectivity index (χ3v) is 3.49. The van der Waals surface area contributed by atoms with E-state index < -0.39 is 5.97 Å². The van der Waals surface area contributed by atoms with Crippen LogP contribution in [0, 0.1) is 0 Å². The molecule has 0 aliphatic carbocycles. The summed E-state index contributed by atoms with van der Waals surface area (Å²) in [5.74, 6) is 0.454. The number of esters is 1. The van der Waals surface area contributed by atoms with E-state index in [0.29, 0.717) is 24.5 Å². The van der Waals surface area contributed by atoms with Gasteiger partial charge in [-0.25, -0.2) is 0 Å². The highest BCUT2D eigenvalue weighted by Gasteiger charge is 2.19. The Hall–Kier alpha value is -3.02. The van der Waals surface area contributed by atoms with Crippen LogP contribution in [0.4, 0.5) is 0 Å². The van der Waals surface area contributed by atoms with Gasteiger partial charge in [-0.3, -0.25) is 9.59 Å². The van der Waals surface area contributed by atoms with Crippen molar-refractivity contribution in [3.05, 3.63) is 60.2 Å². The Bertz CT molecular complexity index is 717. The molecule has 2 aromatic carbocycles. The molecule has 6 nitrogen and oxygen atoms in total. The maximum atomic E-state index is 12.6. The van der Waals surface area contributed by atoms with E-state index in [1.54, 1.807) is 38.2 Å². The quantitative estimate of drug-likeness (QED) is 0.510. The molecule has 2 aromatic rings. The molecule has 6 heteroatoms. The summed E-state index contributed by atoms with van der Waals surface area (Å²) in [5.41, 5.74) is 0.388. The monoisotopic (exact) mass is 357 g/mol. The minimum atomic E-state index is -0.446. The molecule has 0 radical (unpaired) electrons. The first-order valence-corrected chi connectivity index (χ1v) is 8.42. The van der Waals surface area contributed by atoms with Crippen molar-refractivity contribution in [1.29, 1.82) is 0 Å². The second kappa shape index (κ2) is 10.1. The lowest BCUT2D eigenvalue weighted by molar-refractivity contribution is -0.143. The van der Waals surface area contributed by atoms with Gasteiger partial charge in [0.05, 0.1) is 12.2 Å². The van der Waals surface area contributed by atoms with Gasteiger partial charge in [-0.15, -0.1) is 0 Å². The maximum Gasteiger partial charge on any atom is 0.325 e. The molecule has 0 saturated carbocycles. The van der Waals surface area contributed by atoms with Crippen molar-refractivity contribution in [2.24, 2.45) is 0 Å². The second-order valence-corrected chi connectivity index (χ2v) is 5.47. The first-order chi connectivity index (χ1) is 12.6. The molecular weight excluding hydrogens is 334 g/mol. The normalized spacial score (nSPS) is 10.1. The number of likely N-dealkylation sites (N-methyl/N-ethyl adjacent to an activating group) is 1. The number of carbonyl (C=O) groups excluding carboxylic acids is 2. The van der Waals surface area contributed by atoms with Crippen LogP contribution in [0.25, 0.3) is 0 Å². The maximum absolute atomic E-state index is 12.6. The number of hydrogen-bond donors (Lipinski definition) is 0. The lowest BCUT2D eigenvalue weighted by atomic mass is 10.2. The molecule has 0 spiro atoms. The summed E-state index contributed by atoms with van der Waals surface area (Å²) in [7, 11) is 1.55. The number of carbonyl (C=O) groups is 2. The highest BCUT2D eigenvalue weighted by Crippen LogP contribution is 2.19. The summed E-state index contributed by atoms with van der Waals surface area (Å²) in [6.45, 7) is 2.53. The van der Waals surface area contributed by atoms with Gasteiger partial charge in [0.25, 0.3) is 5.91 Å². The number of rotatable bonds is 9. The van der Waals surface area contributed by atoms with Crippen LogP contribution in [-0.4, -0.2) is 50.2 Å². The smallest absolute Gasteiger partial charge is 0.325 e. The molecule has 0 atom stereocenters. The average molecular weight is 357 g/mol. The Morgan fingerprint density at radius 2 is 1.58 bits per heavy atom. The summed E-state index contributed by atoms with van der Waals surface area (Å²) in [5, 5.41) is 0. The van der Waals surface area contributed by atoms with Gasteiger partial charge in [0.15, 0.2) is 0 Å². The summed E-state index contributed by atoms with van der Waals surface area (Å²) in [6, 6.07) is 16.3. The number of benzene rings is 2. The van der Waals surface area contributed by atoms with Crippen molar-refractivity contribution in [3.63, 3.8) is 0 Å². The second-order valence-electron chi connectivity index (χ2n) is 5.47. The molecule has 0 N–H and O–H groups in total. The summed E-state index contributed by atoms with van der Waals surface area (Å²) in [4.78, 5) is 25.4. The standard InChI is InChI=1S/C20H23NO5/c1-3-24-19(22)15-21(2)20(23)17-11-7-8-12-18(17)26-14-13-25-16-9-5-4-6-10-16/h4-12H,3,13-15H2,1-2H3. The van der Waals surface area contributed by atoms with Gasteiger partial charge in [-0.05, 0) is 31.2 Å². The molecule has 138 valence electrons. The number of ether oxygens (including phenoxy) is 3. The minimum Gasteiger partial charge on any atom is -0.490 e. The zero-order valence-electron chi connectivity index (χ0n) is 15.0. The highest BCUT2D eigenvalue weighted by molar-refractivity contribution is 5.98. The third-order valence-electron chi connectivity index (χ3n) is 3.49. The molecule has 0 aromatic heterocycles. The zero-order chi connectivity index (χ0) is 18.8. The fraction of sp³-hybridized carbons (Fsp3) is 0.300. The summed E-state index contributed by atoms with van der Waals surface area (Å²) < 4.78 is 16.1. The fourth-order valence-electron chi connectivity index (χ4n) is 2.27. The van der Waals surface area contributed by atoms with Crippen molar-refractivity contribution in [2.45, 2.75) is 6.92 Å². The lowest BCUT2D eigenvalue weighted by Gasteiger charge is -2.18. The van der Waals surface area contributed by atoms with Crippen molar-refractivity contribution in [3.8, 4) is 11.5 Å². The van der Waals surface area contributed by atoms with Gasteiger partial charge in [0.1, 0.15) is 31.3 Å². The topological polar surface area (TPSA) is 65.1 Å². The predicted octanol–water partition coefficient (Wildman–Crippen LogP) is 2.78. The number of amides is 1. The predicted molar refractivity (Wildman–Crippen MR) is 97.5 cm³/mol. The van der Waals surface area contributed by atoms with Gasteiger partial charge < -0.3 is 19.1 Å². The molecule has 26 heavy (non-hydrogen) atoms. The molecule has 0 unspecified atom stereocenters. The molecule has 0 heterocycles. The molecular formula is C20H23NO5. The summed E-state index contributed by atoms with van der Waals surface area (Å²) >= 11 is 0. The number of hydrogen-bond acceptors (Lipinski definition) is 5. The highest BCUT2D eigenvalue weighted by atomic mass is 16.5. The van der Waals surface area contributed by atoms with Crippen LogP contribution >= 0.6 is 0 Å². The van der Waals surface area contributed by atoms with Crippen molar-refractivity contribution >= 4 is 11.9 Å². The van der Waals surface area contributed by atoms with E-state index in [1.807, 2.05) is 30.3 Å².